The topological polar surface area (TPSA) is 80.4 Å². The van der Waals surface area contributed by atoms with E-state index < -0.39 is 0 Å². The van der Waals surface area contributed by atoms with E-state index in [9.17, 15) is 9.59 Å². The molecule has 2 aromatic heterocycles. The van der Waals surface area contributed by atoms with Crippen LogP contribution in [0.2, 0.25) is 0 Å². The minimum Gasteiger partial charge on any atom is -0.326 e. The highest BCUT2D eigenvalue weighted by molar-refractivity contribution is 5.91. The van der Waals surface area contributed by atoms with Gasteiger partial charge in [-0.1, -0.05) is 18.2 Å². The van der Waals surface area contributed by atoms with E-state index in [2.05, 4.69) is 15.7 Å². The molecule has 1 aliphatic heterocycles. The number of anilines is 1. The minimum atomic E-state index is -0.178. The summed E-state index contributed by atoms with van der Waals surface area (Å²) in [5.74, 6) is 0.00597. The third-order valence-corrected chi connectivity index (χ3v) is 4.63. The highest BCUT2D eigenvalue weighted by Gasteiger charge is 2.17. The summed E-state index contributed by atoms with van der Waals surface area (Å²) in [5.41, 5.74) is 2.09. The van der Waals surface area contributed by atoms with Crippen LogP contribution in [0.5, 0.6) is 0 Å². The highest BCUT2D eigenvalue weighted by atomic mass is 16.2. The van der Waals surface area contributed by atoms with Gasteiger partial charge in [-0.2, -0.15) is 0 Å². The summed E-state index contributed by atoms with van der Waals surface area (Å²) in [6.45, 7) is 1.34. The molecule has 3 aromatic rings. The van der Waals surface area contributed by atoms with Crippen LogP contribution in [-0.4, -0.2) is 32.7 Å². The summed E-state index contributed by atoms with van der Waals surface area (Å²) < 4.78 is 2.94. The number of nitrogens with zero attached hydrogens (tertiary/aromatic N) is 3. The molecule has 7 heteroatoms. The number of aromatic nitrogens is 3. The average molecular weight is 351 g/mol. The first-order chi connectivity index (χ1) is 12.7. The van der Waals surface area contributed by atoms with E-state index in [-0.39, 0.29) is 17.6 Å². The molecule has 2 N–H and O–H groups in total. The second kappa shape index (κ2) is 7.13. The standard InChI is InChI=1S/C19H21N5O2/c25-18(12-15-7-4-9-20-15)21-16-6-3-5-14(11-16)13-24-19(26)23-10-2-1-8-17(23)22-24/h1-3,5-6,8,10-11,15,20H,4,7,9,12-13H2,(H,21,25). The Labute approximate surface area is 150 Å². The molecule has 1 aliphatic rings. The fraction of sp³-hybridized carbons (Fsp3) is 0.316. The molecule has 4 rings (SSSR count). The Kier molecular flexibility index (Phi) is 4.53. The summed E-state index contributed by atoms with van der Waals surface area (Å²) in [4.78, 5) is 24.6. The quantitative estimate of drug-likeness (QED) is 0.732. The van der Waals surface area contributed by atoms with Crippen molar-refractivity contribution in [3.63, 3.8) is 0 Å². The molecule has 0 saturated carbocycles. The van der Waals surface area contributed by atoms with Crippen molar-refractivity contribution in [3.8, 4) is 0 Å². The average Bonchev–Trinajstić information content (AvgIpc) is 3.24. The van der Waals surface area contributed by atoms with Gasteiger partial charge in [0.1, 0.15) is 0 Å². The smallest absolute Gasteiger partial charge is 0.326 e. The fourth-order valence-corrected chi connectivity index (χ4v) is 3.36. The zero-order chi connectivity index (χ0) is 17.9. The predicted molar refractivity (Wildman–Crippen MR) is 99.3 cm³/mol. The third-order valence-electron chi connectivity index (χ3n) is 4.63. The summed E-state index contributed by atoms with van der Waals surface area (Å²) in [6, 6.07) is 13.3. The van der Waals surface area contributed by atoms with E-state index in [0.29, 0.717) is 18.6 Å². The van der Waals surface area contributed by atoms with Crippen LogP contribution in [0.1, 0.15) is 24.8 Å². The van der Waals surface area contributed by atoms with Crippen molar-refractivity contribution in [1.29, 1.82) is 0 Å². The number of amides is 1. The lowest BCUT2D eigenvalue weighted by Gasteiger charge is -2.11. The summed E-state index contributed by atoms with van der Waals surface area (Å²) in [7, 11) is 0. The Morgan fingerprint density at radius 2 is 2.19 bits per heavy atom. The van der Waals surface area contributed by atoms with Crippen molar-refractivity contribution in [2.45, 2.75) is 31.8 Å². The van der Waals surface area contributed by atoms with Gasteiger partial charge in [0.25, 0.3) is 0 Å². The molecule has 1 unspecified atom stereocenters. The maximum absolute atomic E-state index is 12.4. The molecular formula is C19H21N5O2. The van der Waals surface area contributed by atoms with Crippen LogP contribution in [0.15, 0.2) is 53.5 Å². The third kappa shape index (κ3) is 3.52. The molecular weight excluding hydrogens is 330 g/mol. The SMILES string of the molecule is O=C(CC1CCCN1)Nc1cccc(Cn2nc3ccccn3c2=O)c1. The number of benzene rings is 1. The number of hydrogen-bond acceptors (Lipinski definition) is 4. The number of rotatable bonds is 5. The number of carbonyl (C=O) groups is 1. The lowest BCUT2D eigenvalue weighted by Crippen LogP contribution is -2.27. The van der Waals surface area contributed by atoms with E-state index in [1.165, 1.54) is 9.08 Å². The van der Waals surface area contributed by atoms with E-state index in [4.69, 9.17) is 0 Å². The van der Waals surface area contributed by atoms with Crippen LogP contribution < -0.4 is 16.3 Å². The first-order valence-corrected chi connectivity index (χ1v) is 8.85. The molecule has 1 fully saturated rings. The molecule has 3 heterocycles. The van der Waals surface area contributed by atoms with Crippen molar-refractivity contribution in [2.75, 3.05) is 11.9 Å². The van der Waals surface area contributed by atoms with Crippen LogP contribution in [0.25, 0.3) is 5.65 Å². The number of nitrogens with one attached hydrogen (secondary N) is 2. The van der Waals surface area contributed by atoms with E-state index >= 15 is 0 Å². The molecule has 0 radical (unpaired) electrons. The molecule has 0 spiro atoms. The molecule has 1 amide bonds. The Morgan fingerprint density at radius 3 is 3.00 bits per heavy atom. The summed E-state index contributed by atoms with van der Waals surface area (Å²) >= 11 is 0. The monoisotopic (exact) mass is 351 g/mol. The van der Waals surface area contributed by atoms with Gasteiger partial charge >= 0.3 is 5.69 Å². The molecule has 0 aliphatic carbocycles. The van der Waals surface area contributed by atoms with Crippen LogP contribution in [0.3, 0.4) is 0 Å². The van der Waals surface area contributed by atoms with Crippen LogP contribution in [0, 0.1) is 0 Å². The summed E-state index contributed by atoms with van der Waals surface area (Å²) in [6.07, 6.45) is 4.36. The largest absolute Gasteiger partial charge is 0.350 e. The summed E-state index contributed by atoms with van der Waals surface area (Å²) in [5, 5.41) is 10.6. The highest BCUT2D eigenvalue weighted by Crippen LogP contribution is 2.14. The zero-order valence-electron chi connectivity index (χ0n) is 14.4. The van der Waals surface area contributed by atoms with E-state index in [1.54, 1.807) is 18.3 Å². The zero-order valence-corrected chi connectivity index (χ0v) is 14.4. The number of fused-ring (bicyclic) bond motifs is 1. The molecule has 26 heavy (non-hydrogen) atoms. The lowest BCUT2D eigenvalue weighted by molar-refractivity contribution is -0.116. The Hall–Kier alpha value is -2.93. The Bertz CT molecular complexity index is 985. The number of carbonyl (C=O) groups excluding carboxylic acids is 1. The molecule has 134 valence electrons. The maximum atomic E-state index is 12.4. The van der Waals surface area contributed by atoms with Gasteiger partial charge < -0.3 is 10.6 Å². The van der Waals surface area contributed by atoms with Gasteiger partial charge in [0.2, 0.25) is 5.91 Å². The minimum absolute atomic E-state index is 0.00597. The van der Waals surface area contributed by atoms with Crippen LogP contribution in [-0.2, 0) is 11.3 Å². The molecule has 1 saturated heterocycles. The number of hydrogen-bond donors (Lipinski definition) is 2. The Balaban J connectivity index is 1.47. The molecule has 1 aromatic carbocycles. The molecule has 7 nitrogen and oxygen atoms in total. The predicted octanol–water partition coefficient (Wildman–Crippen LogP) is 1.62. The van der Waals surface area contributed by atoms with E-state index in [0.717, 1.165) is 30.6 Å². The Morgan fingerprint density at radius 1 is 1.27 bits per heavy atom. The lowest BCUT2D eigenvalue weighted by atomic mass is 10.1. The van der Waals surface area contributed by atoms with Crippen molar-refractivity contribution >= 4 is 17.2 Å². The van der Waals surface area contributed by atoms with Gasteiger partial charge in [0.05, 0.1) is 6.54 Å². The van der Waals surface area contributed by atoms with E-state index in [1.807, 2.05) is 30.3 Å². The van der Waals surface area contributed by atoms with Crippen molar-refractivity contribution < 1.29 is 4.79 Å². The van der Waals surface area contributed by atoms with Gasteiger partial charge in [0, 0.05) is 24.3 Å². The van der Waals surface area contributed by atoms with Gasteiger partial charge in [-0.3, -0.25) is 9.20 Å². The van der Waals surface area contributed by atoms with Crippen molar-refractivity contribution in [3.05, 3.63) is 64.7 Å². The van der Waals surface area contributed by atoms with Crippen molar-refractivity contribution in [1.82, 2.24) is 19.5 Å². The van der Waals surface area contributed by atoms with Gasteiger partial charge in [-0.25, -0.2) is 9.48 Å². The first-order valence-electron chi connectivity index (χ1n) is 8.85. The van der Waals surface area contributed by atoms with Gasteiger partial charge in [-0.15, -0.1) is 5.10 Å². The molecule has 1 atom stereocenters. The van der Waals surface area contributed by atoms with Crippen LogP contribution >= 0.6 is 0 Å². The van der Waals surface area contributed by atoms with Gasteiger partial charge in [-0.05, 0) is 49.2 Å². The second-order valence-electron chi connectivity index (χ2n) is 6.62. The normalized spacial score (nSPS) is 16.8. The maximum Gasteiger partial charge on any atom is 0.350 e. The second-order valence-corrected chi connectivity index (χ2v) is 6.62. The fourth-order valence-electron chi connectivity index (χ4n) is 3.36. The van der Waals surface area contributed by atoms with Crippen LogP contribution in [0.4, 0.5) is 5.69 Å². The first kappa shape index (κ1) is 16.5. The van der Waals surface area contributed by atoms with Gasteiger partial charge in [0.15, 0.2) is 5.65 Å². The van der Waals surface area contributed by atoms with Crippen molar-refractivity contribution in [2.24, 2.45) is 0 Å². The molecule has 0 bridgehead atoms. The number of pyridine rings is 1.